The molecule has 0 unspecified atom stereocenters. The second-order valence-corrected chi connectivity index (χ2v) is 4.37. The van der Waals surface area contributed by atoms with Gasteiger partial charge in [0.05, 0.1) is 5.56 Å². The lowest BCUT2D eigenvalue weighted by Gasteiger charge is -2.20. The van der Waals surface area contributed by atoms with Crippen LogP contribution in [0.5, 0.6) is 0 Å². The fraction of sp³-hybridized carbons (Fsp3) is 0.455. The molecular formula is C11H11Cl2F6N. The Morgan fingerprint density at radius 2 is 1.65 bits per heavy atom. The summed E-state index contributed by atoms with van der Waals surface area (Å²) in [5.74, 6) is 0. The minimum atomic E-state index is -4.71. The van der Waals surface area contributed by atoms with E-state index in [1.54, 1.807) is 0 Å². The third kappa shape index (κ3) is 5.38. The zero-order valence-electron chi connectivity index (χ0n) is 9.85. The van der Waals surface area contributed by atoms with Crippen LogP contribution in [0.15, 0.2) is 18.2 Å². The molecule has 2 N–H and O–H groups in total. The number of benzene rings is 1. The summed E-state index contributed by atoms with van der Waals surface area (Å²) in [4.78, 5) is 0. The first-order chi connectivity index (χ1) is 8.52. The topological polar surface area (TPSA) is 26.0 Å². The summed E-state index contributed by atoms with van der Waals surface area (Å²) in [6, 6.07) is 1.56. The molecule has 9 heteroatoms. The predicted octanol–water partition coefficient (Wildman–Crippen LogP) is 5.12. The molecule has 1 aromatic carbocycles. The van der Waals surface area contributed by atoms with Crippen molar-refractivity contribution in [1.29, 1.82) is 0 Å². The van der Waals surface area contributed by atoms with Crippen molar-refractivity contribution in [3.63, 3.8) is 0 Å². The fourth-order valence-electron chi connectivity index (χ4n) is 1.62. The van der Waals surface area contributed by atoms with Crippen molar-refractivity contribution in [3.8, 4) is 0 Å². The summed E-state index contributed by atoms with van der Waals surface area (Å²) in [6.07, 6.45) is -11.1. The molecule has 20 heavy (non-hydrogen) atoms. The van der Waals surface area contributed by atoms with E-state index in [9.17, 15) is 26.3 Å². The van der Waals surface area contributed by atoms with E-state index in [0.29, 0.717) is 0 Å². The van der Waals surface area contributed by atoms with E-state index in [1.807, 2.05) is 0 Å². The molecule has 0 heterocycles. The van der Waals surface area contributed by atoms with E-state index >= 15 is 0 Å². The molecule has 116 valence electrons. The number of halogens is 8. The Kier molecular flexibility index (Phi) is 6.64. The standard InChI is InChI=1S/C11H10ClF6N.ClH/c12-7-3-1-2-6(11(16,17)18)9(7)8(19)4-5-10(13,14)15;/h1-3,8H,4-5,19H2;1H/t8-;/m0./s1. The molecule has 0 aliphatic heterocycles. The van der Waals surface area contributed by atoms with Gasteiger partial charge in [-0.05, 0) is 24.1 Å². The highest BCUT2D eigenvalue weighted by molar-refractivity contribution is 6.31. The fourth-order valence-corrected chi connectivity index (χ4v) is 1.94. The molecule has 0 bridgehead atoms. The van der Waals surface area contributed by atoms with Gasteiger partial charge in [0.15, 0.2) is 0 Å². The summed E-state index contributed by atoms with van der Waals surface area (Å²) in [5, 5.41) is -0.288. The predicted molar refractivity (Wildman–Crippen MR) is 65.9 cm³/mol. The molecule has 1 nitrogen and oxygen atoms in total. The Labute approximate surface area is 122 Å². The summed E-state index contributed by atoms with van der Waals surface area (Å²) < 4.78 is 74.3. The number of hydrogen-bond donors (Lipinski definition) is 1. The second-order valence-electron chi connectivity index (χ2n) is 3.96. The van der Waals surface area contributed by atoms with Crippen LogP contribution in [-0.4, -0.2) is 6.18 Å². The molecule has 0 aromatic heterocycles. The third-order valence-electron chi connectivity index (χ3n) is 2.47. The average molecular weight is 342 g/mol. The van der Waals surface area contributed by atoms with E-state index in [2.05, 4.69) is 0 Å². The highest BCUT2D eigenvalue weighted by atomic mass is 35.5. The first kappa shape index (κ1) is 19.3. The van der Waals surface area contributed by atoms with Crippen molar-refractivity contribution in [3.05, 3.63) is 34.3 Å². The van der Waals surface area contributed by atoms with Crippen LogP contribution in [0.25, 0.3) is 0 Å². The van der Waals surface area contributed by atoms with Gasteiger partial charge in [-0.25, -0.2) is 0 Å². The Morgan fingerprint density at radius 1 is 1.10 bits per heavy atom. The molecule has 1 aromatic rings. The van der Waals surface area contributed by atoms with E-state index in [1.165, 1.54) is 6.07 Å². The monoisotopic (exact) mass is 341 g/mol. The van der Waals surface area contributed by atoms with E-state index in [-0.39, 0.29) is 17.4 Å². The zero-order chi connectivity index (χ0) is 14.8. The maximum Gasteiger partial charge on any atom is 0.416 e. The molecule has 0 saturated heterocycles. The Bertz CT molecular complexity index is 444. The van der Waals surface area contributed by atoms with Gasteiger partial charge in [-0.2, -0.15) is 26.3 Å². The molecule has 0 spiro atoms. The van der Waals surface area contributed by atoms with Crippen molar-refractivity contribution in [2.75, 3.05) is 0 Å². The van der Waals surface area contributed by atoms with Crippen LogP contribution < -0.4 is 5.73 Å². The number of alkyl halides is 6. The third-order valence-corrected chi connectivity index (χ3v) is 2.80. The quantitative estimate of drug-likeness (QED) is 0.758. The molecule has 0 amide bonds. The van der Waals surface area contributed by atoms with E-state index in [0.717, 1.165) is 12.1 Å². The number of rotatable bonds is 3. The molecule has 1 atom stereocenters. The lowest BCUT2D eigenvalue weighted by molar-refractivity contribution is -0.139. The van der Waals surface area contributed by atoms with Gasteiger partial charge in [-0.1, -0.05) is 17.7 Å². The van der Waals surface area contributed by atoms with Crippen LogP contribution in [0.1, 0.15) is 30.0 Å². The second kappa shape index (κ2) is 6.87. The van der Waals surface area contributed by atoms with Crippen LogP contribution in [-0.2, 0) is 6.18 Å². The smallest absolute Gasteiger partial charge is 0.324 e. The largest absolute Gasteiger partial charge is 0.416 e. The van der Waals surface area contributed by atoms with Gasteiger partial charge in [0.2, 0.25) is 0 Å². The summed E-state index contributed by atoms with van der Waals surface area (Å²) in [6.45, 7) is 0. The first-order valence-electron chi connectivity index (χ1n) is 5.20. The highest BCUT2D eigenvalue weighted by Gasteiger charge is 2.36. The van der Waals surface area contributed by atoms with Gasteiger partial charge in [-0.15, -0.1) is 12.4 Å². The maximum atomic E-state index is 12.7. The molecule has 0 aliphatic carbocycles. The zero-order valence-corrected chi connectivity index (χ0v) is 11.4. The lowest BCUT2D eigenvalue weighted by Crippen LogP contribution is -2.20. The van der Waals surface area contributed by atoms with Crippen LogP contribution in [0.3, 0.4) is 0 Å². The lowest BCUT2D eigenvalue weighted by atomic mass is 9.97. The summed E-state index contributed by atoms with van der Waals surface area (Å²) in [5.41, 5.74) is 3.81. The van der Waals surface area contributed by atoms with Crippen molar-refractivity contribution in [2.45, 2.75) is 31.2 Å². The van der Waals surface area contributed by atoms with Crippen LogP contribution in [0.4, 0.5) is 26.3 Å². The minimum absolute atomic E-state index is 0. The maximum absolute atomic E-state index is 12.7. The van der Waals surface area contributed by atoms with Gasteiger partial charge < -0.3 is 5.73 Å². The van der Waals surface area contributed by atoms with Gasteiger partial charge in [0, 0.05) is 17.5 Å². The Morgan fingerprint density at radius 3 is 2.10 bits per heavy atom. The normalized spacial score (nSPS) is 13.8. The van der Waals surface area contributed by atoms with Crippen molar-refractivity contribution >= 4 is 24.0 Å². The molecule has 0 saturated carbocycles. The van der Waals surface area contributed by atoms with Gasteiger partial charge in [0.1, 0.15) is 0 Å². The summed E-state index contributed by atoms with van der Waals surface area (Å²) in [7, 11) is 0. The number of nitrogens with two attached hydrogens (primary N) is 1. The van der Waals surface area contributed by atoms with Crippen molar-refractivity contribution < 1.29 is 26.3 Å². The Hall–Kier alpha value is -0.660. The van der Waals surface area contributed by atoms with Gasteiger partial charge in [0.25, 0.3) is 0 Å². The first-order valence-corrected chi connectivity index (χ1v) is 5.58. The molecule has 1 rings (SSSR count). The summed E-state index contributed by atoms with van der Waals surface area (Å²) >= 11 is 5.62. The van der Waals surface area contributed by atoms with E-state index < -0.39 is 42.4 Å². The highest BCUT2D eigenvalue weighted by Crippen LogP contribution is 2.39. The molecular weight excluding hydrogens is 331 g/mol. The van der Waals surface area contributed by atoms with Gasteiger partial charge >= 0.3 is 12.4 Å². The van der Waals surface area contributed by atoms with E-state index in [4.69, 9.17) is 17.3 Å². The van der Waals surface area contributed by atoms with Crippen LogP contribution in [0.2, 0.25) is 5.02 Å². The molecule has 0 aliphatic rings. The Balaban J connectivity index is 0.00000361. The van der Waals surface area contributed by atoms with Crippen molar-refractivity contribution in [1.82, 2.24) is 0 Å². The molecule has 0 radical (unpaired) electrons. The van der Waals surface area contributed by atoms with Crippen LogP contribution in [0, 0.1) is 0 Å². The minimum Gasteiger partial charge on any atom is -0.324 e. The van der Waals surface area contributed by atoms with Crippen molar-refractivity contribution in [2.24, 2.45) is 5.73 Å². The number of hydrogen-bond acceptors (Lipinski definition) is 1. The van der Waals surface area contributed by atoms with Gasteiger partial charge in [-0.3, -0.25) is 0 Å². The molecule has 0 fully saturated rings. The average Bonchev–Trinajstić information content (AvgIpc) is 2.23. The van der Waals surface area contributed by atoms with Crippen LogP contribution >= 0.6 is 24.0 Å². The SMILES string of the molecule is Cl.N[C@@H](CCC(F)(F)F)c1c(Cl)cccc1C(F)(F)F.